The Balaban J connectivity index is 0.884. The molecular weight excluding hydrogens is 868 g/mol. The third-order valence-corrected chi connectivity index (χ3v) is 13.7. The Kier molecular flexibility index (Phi) is 16.2. The van der Waals surface area contributed by atoms with Crippen LogP contribution < -0.4 is 20.7 Å². The number of nitrogens with zero attached hydrogens (tertiary/aromatic N) is 4. The molecule has 1 aliphatic heterocycles. The number of aromatic amines is 1. The molecule has 6 rings (SSSR count). The molecule has 2 aliphatic rings. The molecule has 0 radical (unpaired) electrons. The number of Topliss-reactive ketones (excluding diaryl/α,β-unsaturated/α-hetero) is 1. The maximum Gasteiger partial charge on any atom is 0.251 e. The van der Waals surface area contributed by atoms with E-state index < -0.39 is 23.5 Å². The SMILES string of the molecule is C=C(N[C@@H](C)c1ccc(-c2cn[nH]n2)cc1)[C@@H]1C[C@@H](O)CN1C(=O)[C@@H](CC(=O)COCCCCCNc1ccc(C(=O)NC2C(C)(C)C(Oc3ccc(C#N)c(Cl)c3)C2(C)C)cc1)C(C)(C)C. The number of β-amino-alcohol motifs (C(OH)–C–C–N with tert-alkyl or cyclic N) is 1. The van der Waals surface area contributed by atoms with Crippen molar-refractivity contribution in [1.29, 1.82) is 5.26 Å². The van der Waals surface area contributed by atoms with Crippen LogP contribution in [0.15, 0.2) is 85.2 Å². The summed E-state index contributed by atoms with van der Waals surface area (Å²) in [4.78, 5) is 42.5. The number of halogens is 1. The third-order valence-electron chi connectivity index (χ3n) is 13.4. The summed E-state index contributed by atoms with van der Waals surface area (Å²) in [6.45, 7) is 21.8. The van der Waals surface area contributed by atoms with Crippen molar-refractivity contribution in [2.24, 2.45) is 22.2 Å². The number of amides is 2. The van der Waals surface area contributed by atoms with Crippen LogP contribution in [0.2, 0.25) is 5.02 Å². The number of H-pyrrole nitrogens is 1. The number of benzene rings is 3. The van der Waals surface area contributed by atoms with E-state index in [0.717, 1.165) is 48.3 Å². The molecule has 67 heavy (non-hydrogen) atoms. The van der Waals surface area contributed by atoms with E-state index in [2.05, 4.69) is 71.7 Å². The van der Waals surface area contributed by atoms with E-state index >= 15 is 0 Å². The summed E-state index contributed by atoms with van der Waals surface area (Å²) in [5, 5.41) is 41.0. The van der Waals surface area contributed by atoms with E-state index in [4.69, 9.17) is 21.1 Å². The lowest BCUT2D eigenvalue weighted by Crippen LogP contribution is -2.74. The minimum absolute atomic E-state index is 0.0449. The van der Waals surface area contributed by atoms with E-state index in [1.807, 2.05) is 76.2 Å². The number of aromatic nitrogens is 3. The highest BCUT2D eigenvalue weighted by Gasteiger charge is 2.64. The fourth-order valence-corrected chi connectivity index (χ4v) is 10.1. The Morgan fingerprint density at radius 3 is 2.36 bits per heavy atom. The van der Waals surface area contributed by atoms with Gasteiger partial charge in [-0.05, 0) is 73.6 Å². The Labute approximate surface area is 400 Å². The average Bonchev–Trinajstić information content (AvgIpc) is 3.98. The normalized spacial score (nSPS) is 20.5. The zero-order chi connectivity index (χ0) is 48.7. The zero-order valence-corrected chi connectivity index (χ0v) is 40.9. The molecule has 0 unspecified atom stereocenters. The number of nitriles is 1. The van der Waals surface area contributed by atoms with Gasteiger partial charge in [0, 0.05) is 89.9 Å². The Hall–Kier alpha value is -5.75. The van der Waals surface area contributed by atoms with Crippen molar-refractivity contribution in [3.8, 4) is 23.1 Å². The number of ketones is 1. The highest BCUT2D eigenvalue weighted by molar-refractivity contribution is 6.31. The Morgan fingerprint density at radius 2 is 1.73 bits per heavy atom. The second-order valence-corrected chi connectivity index (χ2v) is 20.8. The van der Waals surface area contributed by atoms with E-state index in [1.54, 1.807) is 29.3 Å². The van der Waals surface area contributed by atoms with Crippen molar-refractivity contribution >= 4 is 34.9 Å². The summed E-state index contributed by atoms with van der Waals surface area (Å²) in [6.07, 6.45) is 3.75. The number of likely N-dealkylation sites (tertiary alicyclic amines) is 1. The molecule has 0 bridgehead atoms. The first-order valence-electron chi connectivity index (χ1n) is 23.2. The number of nitrogens with one attached hydrogen (secondary N) is 4. The first-order chi connectivity index (χ1) is 31.7. The highest BCUT2D eigenvalue weighted by Crippen LogP contribution is 2.55. The monoisotopic (exact) mass is 934 g/mol. The van der Waals surface area contributed by atoms with Gasteiger partial charge in [0.15, 0.2) is 5.78 Å². The van der Waals surface area contributed by atoms with E-state index in [0.29, 0.717) is 40.6 Å². The zero-order valence-electron chi connectivity index (χ0n) is 40.1. The summed E-state index contributed by atoms with van der Waals surface area (Å²) >= 11 is 6.24. The van der Waals surface area contributed by atoms with Gasteiger partial charge in [0.05, 0.1) is 28.9 Å². The Morgan fingerprint density at radius 1 is 1.03 bits per heavy atom. The molecule has 4 aromatic rings. The number of anilines is 1. The number of hydrogen-bond donors (Lipinski definition) is 5. The minimum atomic E-state index is -0.697. The average molecular weight is 936 g/mol. The van der Waals surface area contributed by atoms with Crippen LogP contribution in [0.3, 0.4) is 0 Å². The predicted molar refractivity (Wildman–Crippen MR) is 260 cm³/mol. The largest absolute Gasteiger partial charge is 0.489 e. The third kappa shape index (κ3) is 12.2. The molecule has 5 N–H and O–H groups in total. The molecule has 1 aromatic heterocycles. The second-order valence-electron chi connectivity index (χ2n) is 20.3. The topological polar surface area (TPSA) is 195 Å². The molecule has 2 heterocycles. The van der Waals surface area contributed by atoms with Crippen LogP contribution in [0.1, 0.15) is 115 Å². The van der Waals surface area contributed by atoms with Crippen molar-refractivity contribution < 1.29 is 29.0 Å². The quantitative estimate of drug-likeness (QED) is 0.0502. The molecule has 1 aliphatic carbocycles. The number of aliphatic hydroxyl groups excluding tert-OH is 1. The summed E-state index contributed by atoms with van der Waals surface area (Å²) in [5.74, 6) is -0.470. The van der Waals surface area contributed by atoms with Crippen LogP contribution in [0.5, 0.6) is 5.75 Å². The van der Waals surface area contributed by atoms with Gasteiger partial charge < -0.3 is 35.4 Å². The fourth-order valence-electron chi connectivity index (χ4n) is 9.85. The molecule has 0 spiro atoms. The molecule has 15 heteroatoms. The van der Waals surface area contributed by atoms with Gasteiger partial charge in [0.2, 0.25) is 5.91 Å². The summed E-state index contributed by atoms with van der Waals surface area (Å²) in [6, 6.07) is 21.9. The number of carbonyl (C=O) groups is 3. The smallest absolute Gasteiger partial charge is 0.251 e. The van der Waals surface area contributed by atoms with Crippen molar-refractivity contribution in [2.75, 3.05) is 31.6 Å². The molecule has 2 fully saturated rings. The highest BCUT2D eigenvalue weighted by atomic mass is 35.5. The maximum atomic E-state index is 14.2. The molecule has 4 atom stereocenters. The lowest BCUT2D eigenvalue weighted by atomic mass is 9.49. The lowest BCUT2D eigenvalue weighted by molar-refractivity contribution is -0.164. The van der Waals surface area contributed by atoms with Gasteiger partial charge in [0.25, 0.3) is 5.91 Å². The van der Waals surface area contributed by atoms with Crippen LogP contribution in [0.4, 0.5) is 5.69 Å². The van der Waals surface area contributed by atoms with Gasteiger partial charge in [-0.15, -0.1) is 0 Å². The molecule has 358 valence electrons. The summed E-state index contributed by atoms with van der Waals surface area (Å²) in [7, 11) is 0. The van der Waals surface area contributed by atoms with E-state index in [1.165, 1.54) is 0 Å². The van der Waals surface area contributed by atoms with Gasteiger partial charge in [-0.1, -0.05) is 90.9 Å². The van der Waals surface area contributed by atoms with Crippen LogP contribution in [-0.2, 0) is 14.3 Å². The standard InChI is InChI=1S/C52H67ClN8O6/c1-32(34-13-15-35(16-14-34)44-29-56-60-59-44)57-33(2)45-26-39(62)30-61(45)47(65)42(50(3,4)5)25-40(63)31-66-24-12-10-11-23-55-38-20-17-36(18-21-38)46(64)58-48-51(6,7)49(52(48,8)9)67-41-22-19-37(28-54)43(53)27-41/h13-22,27,29,32,39,42,45,48-49,55,57,62H,2,10-12,23-26,30-31H2,1,3-9H3,(H,58,64)(H,56,59,60)/t32-,39+,42+,45-,48?,49?/m0/s1. The fraction of sp³-hybridized carbons (Fsp3) is 0.500. The van der Waals surface area contributed by atoms with E-state index in [-0.39, 0.29) is 66.2 Å². The van der Waals surface area contributed by atoms with Gasteiger partial charge in [-0.25, -0.2) is 0 Å². The van der Waals surface area contributed by atoms with Crippen molar-refractivity contribution in [3.63, 3.8) is 0 Å². The van der Waals surface area contributed by atoms with Crippen LogP contribution in [0, 0.1) is 33.5 Å². The van der Waals surface area contributed by atoms with Crippen LogP contribution >= 0.6 is 11.6 Å². The molecular formula is C52H67ClN8O6. The number of hydrogen-bond acceptors (Lipinski definition) is 11. The molecule has 1 saturated heterocycles. The van der Waals surface area contributed by atoms with Gasteiger partial charge in [-0.3, -0.25) is 14.4 Å². The molecule has 3 aromatic carbocycles. The summed E-state index contributed by atoms with van der Waals surface area (Å²) in [5.41, 5.74) is 3.99. The number of ether oxygens (including phenoxy) is 2. The Bertz CT molecular complexity index is 2370. The van der Waals surface area contributed by atoms with E-state index in [9.17, 15) is 24.8 Å². The number of carbonyl (C=O) groups excluding carboxylic acids is 3. The van der Waals surface area contributed by atoms with Crippen molar-refractivity contribution in [3.05, 3.63) is 107 Å². The van der Waals surface area contributed by atoms with Gasteiger partial charge >= 0.3 is 0 Å². The van der Waals surface area contributed by atoms with Crippen LogP contribution in [0.25, 0.3) is 11.3 Å². The number of rotatable bonds is 21. The number of unbranched alkanes of at least 4 members (excludes halogenated alkanes) is 2. The maximum absolute atomic E-state index is 14.2. The lowest BCUT2D eigenvalue weighted by Gasteiger charge is -2.63. The molecule has 2 amide bonds. The summed E-state index contributed by atoms with van der Waals surface area (Å²) < 4.78 is 12.1. The minimum Gasteiger partial charge on any atom is -0.489 e. The molecule has 14 nitrogen and oxygen atoms in total. The van der Waals surface area contributed by atoms with Crippen molar-refractivity contribution in [1.82, 2.24) is 30.9 Å². The predicted octanol–water partition coefficient (Wildman–Crippen LogP) is 8.66. The number of aliphatic hydroxyl groups is 1. The first-order valence-corrected chi connectivity index (χ1v) is 23.6. The second kappa shape index (κ2) is 21.5. The van der Waals surface area contributed by atoms with Crippen molar-refractivity contribution in [2.45, 2.75) is 118 Å². The van der Waals surface area contributed by atoms with Gasteiger partial charge in [-0.2, -0.15) is 20.7 Å². The molecule has 1 saturated carbocycles. The first kappa shape index (κ1) is 50.7. The van der Waals surface area contributed by atoms with Crippen LogP contribution in [-0.4, -0.2) is 93.6 Å². The van der Waals surface area contributed by atoms with Gasteiger partial charge in [0.1, 0.15) is 30.2 Å².